The van der Waals surface area contributed by atoms with Crippen LogP contribution in [0.3, 0.4) is 0 Å². The third kappa shape index (κ3) is 6.99. The molecule has 0 spiro atoms. The molecule has 0 aliphatic carbocycles. The Kier molecular flexibility index (Phi) is 7.50. The summed E-state index contributed by atoms with van der Waals surface area (Å²) in [6, 6.07) is 7.55. The van der Waals surface area contributed by atoms with Crippen molar-refractivity contribution in [3.05, 3.63) is 24.3 Å². The molecule has 0 bridgehead atoms. The highest BCUT2D eigenvalue weighted by Gasteiger charge is 2.02. The quantitative estimate of drug-likeness (QED) is 0.667. The molecule has 0 unspecified atom stereocenters. The average Bonchev–Trinajstić information content (AvgIpc) is 2.43. The predicted octanol–water partition coefficient (Wildman–Crippen LogP) is 2.26. The average molecular weight is 281 g/mol. The van der Waals surface area contributed by atoms with Gasteiger partial charge in [0.25, 0.3) is 0 Å². The number of aliphatic carboxylic acids is 1. The van der Waals surface area contributed by atoms with Crippen LogP contribution in [0.5, 0.6) is 11.5 Å². The molecule has 1 aromatic rings. The normalized spacial score (nSPS) is 10.6. The van der Waals surface area contributed by atoms with Crippen LogP contribution in [0.25, 0.3) is 0 Å². The van der Waals surface area contributed by atoms with Gasteiger partial charge in [-0.15, -0.1) is 0 Å². The maximum Gasteiger partial charge on any atom is 0.304 e. The van der Waals surface area contributed by atoms with Crippen molar-refractivity contribution in [1.29, 1.82) is 0 Å². The van der Waals surface area contributed by atoms with E-state index in [2.05, 4.69) is 0 Å². The molecular weight excluding hydrogens is 258 g/mol. The van der Waals surface area contributed by atoms with Gasteiger partial charge in [-0.3, -0.25) is 4.79 Å². The molecule has 0 heterocycles. The second kappa shape index (κ2) is 9.20. The number of carbonyl (C=O) groups is 1. The third-order valence-corrected chi connectivity index (χ3v) is 2.80. The second-order valence-corrected chi connectivity index (χ2v) is 4.55. The van der Waals surface area contributed by atoms with E-state index < -0.39 is 5.97 Å². The molecule has 1 N–H and O–H groups in total. The van der Waals surface area contributed by atoms with Crippen LogP contribution in [-0.2, 0) is 4.79 Å². The Morgan fingerprint density at radius 3 is 2.30 bits per heavy atom. The molecule has 0 aromatic heterocycles. The summed E-state index contributed by atoms with van der Waals surface area (Å²) in [6.45, 7) is 4.61. The van der Waals surface area contributed by atoms with E-state index in [-0.39, 0.29) is 6.42 Å². The molecule has 0 fully saturated rings. The van der Waals surface area contributed by atoms with Gasteiger partial charge in [0, 0.05) is 13.1 Å². The van der Waals surface area contributed by atoms with Crippen molar-refractivity contribution in [2.45, 2.75) is 19.8 Å². The van der Waals surface area contributed by atoms with E-state index >= 15 is 0 Å². The third-order valence-electron chi connectivity index (χ3n) is 2.80. The van der Waals surface area contributed by atoms with Gasteiger partial charge in [-0.05, 0) is 44.7 Å². The smallest absolute Gasteiger partial charge is 0.304 e. The largest absolute Gasteiger partial charge is 0.494 e. The Labute approximate surface area is 120 Å². The first-order valence-corrected chi connectivity index (χ1v) is 6.88. The summed E-state index contributed by atoms with van der Waals surface area (Å²) < 4.78 is 11.0. The summed E-state index contributed by atoms with van der Waals surface area (Å²) in [6.07, 6.45) is 1.04. The molecule has 0 aliphatic rings. The lowest BCUT2D eigenvalue weighted by atomic mass is 10.3. The van der Waals surface area contributed by atoms with Gasteiger partial charge in [0.15, 0.2) is 0 Å². The fourth-order valence-electron chi connectivity index (χ4n) is 1.72. The van der Waals surface area contributed by atoms with Crippen LogP contribution < -0.4 is 9.47 Å². The zero-order valence-corrected chi connectivity index (χ0v) is 12.2. The van der Waals surface area contributed by atoms with Gasteiger partial charge >= 0.3 is 5.97 Å². The van der Waals surface area contributed by atoms with E-state index in [1.165, 1.54) is 0 Å². The summed E-state index contributed by atoms with van der Waals surface area (Å²) in [5, 5.41) is 8.58. The van der Waals surface area contributed by atoms with Gasteiger partial charge < -0.3 is 19.5 Å². The first-order valence-electron chi connectivity index (χ1n) is 6.88. The van der Waals surface area contributed by atoms with E-state index in [4.69, 9.17) is 14.6 Å². The van der Waals surface area contributed by atoms with E-state index in [1.54, 1.807) is 0 Å². The molecule has 1 rings (SSSR count). The topological polar surface area (TPSA) is 59.0 Å². The van der Waals surface area contributed by atoms with Crippen molar-refractivity contribution in [2.75, 3.05) is 33.4 Å². The van der Waals surface area contributed by atoms with Gasteiger partial charge in [-0.25, -0.2) is 0 Å². The zero-order valence-electron chi connectivity index (χ0n) is 12.2. The maximum absolute atomic E-state index is 10.4. The van der Waals surface area contributed by atoms with Crippen LogP contribution in [0, 0.1) is 0 Å². The SMILES string of the molecule is CCOc1ccc(OCCCN(C)CCC(=O)O)cc1. The summed E-state index contributed by atoms with van der Waals surface area (Å²) in [7, 11) is 1.92. The van der Waals surface area contributed by atoms with Crippen LogP contribution in [0.4, 0.5) is 0 Å². The highest BCUT2D eigenvalue weighted by Crippen LogP contribution is 2.17. The minimum absolute atomic E-state index is 0.177. The van der Waals surface area contributed by atoms with Crippen molar-refractivity contribution in [2.24, 2.45) is 0 Å². The van der Waals surface area contributed by atoms with E-state index in [0.717, 1.165) is 24.5 Å². The molecule has 0 amide bonds. The summed E-state index contributed by atoms with van der Waals surface area (Å²) in [4.78, 5) is 12.4. The Morgan fingerprint density at radius 1 is 1.15 bits per heavy atom. The van der Waals surface area contributed by atoms with Crippen molar-refractivity contribution in [3.8, 4) is 11.5 Å². The fraction of sp³-hybridized carbons (Fsp3) is 0.533. The monoisotopic (exact) mass is 281 g/mol. The standard InChI is InChI=1S/C15H23NO4/c1-3-19-13-5-7-14(8-6-13)20-12-4-10-16(2)11-9-15(17)18/h5-8H,3-4,9-12H2,1-2H3,(H,17,18). The predicted molar refractivity (Wildman–Crippen MR) is 77.5 cm³/mol. The first-order chi connectivity index (χ1) is 9.61. The molecule has 0 atom stereocenters. The maximum atomic E-state index is 10.4. The molecule has 5 nitrogen and oxygen atoms in total. The number of rotatable bonds is 10. The number of carboxylic acid groups (broad SMARTS) is 1. The number of carboxylic acids is 1. The highest BCUT2D eigenvalue weighted by molar-refractivity contribution is 5.66. The Hall–Kier alpha value is -1.75. The van der Waals surface area contributed by atoms with Crippen LogP contribution in [0.2, 0.25) is 0 Å². The molecule has 112 valence electrons. The number of benzene rings is 1. The van der Waals surface area contributed by atoms with E-state index in [9.17, 15) is 4.79 Å². The molecule has 0 saturated heterocycles. The fourth-order valence-corrected chi connectivity index (χ4v) is 1.72. The van der Waals surface area contributed by atoms with Gasteiger partial charge in [-0.2, -0.15) is 0 Å². The molecule has 1 aromatic carbocycles. The van der Waals surface area contributed by atoms with Crippen LogP contribution in [0.1, 0.15) is 19.8 Å². The van der Waals surface area contributed by atoms with Gasteiger partial charge in [0.2, 0.25) is 0 Å². The molecule has 0 saturated carbocycles. The number of ether oxygens (including phenoxy) is 2. The van der Waals surface area contributed by atoms with Crippen molar-refractivity contribution in [1.82, 2.24) is 4.90 Å². The molecule has 5 heteroatoms. The summed E-state index contributed by atoms with van der Waals surface area (Å²) in [5.74, 6) is 0.900. The molecule has 20 heavy (non-hydrogen) atoms. The lowest BCUT2D eigenvalue weighted by molar-refractivity contribution is -0.137. The summed E-state index contributed by atoms with van der Waals surface area (Å²) in [5.41, 5.74) is 0. The van der Waals surface area contributed by atoms with Gasteiger partial charge in [0.05, 0.1) is 19.6 Å². The van der Waals surface area contributed by atoms with E-state index in [1.807, 2.05) is 43.1 Å². The minimum atomic E-state index is -0.762. The molecule has 0 radical (unpaired) electrons. The van der Waals surface area contributed by atoms with E-state index in [0.29, 0.717) is 19.8 Å². The highest BCUT2D eigenvalue weighted by atomic mass is 16.5. The molecule has 0 aliphatic heterocycles. The van der Waals surface area contributed by atoms with Gasteiger partial charge in [-0.1, -0.05) is 0 Å². The van der Waals surface area contributed by atoms with Crippen LogP contribution in [-0.4, -0.2) is 49.3 Å². The second-order valence-electron chi connectivity index (χ2n) is 4.55. The van der Waals surface area contributed by atoms with Crippen LogP contribution >= 0.6 is 0 Å². The number of hydrogen-bond donors (Lipinski definition) is 1. The Morgan fingerprint density at radius 2 is 1.75 bits per heavy atom. The van der Waals surface area contributed by atoms with Gasteiger partial charge in [0.1, 0.15) is 11.5 Å². The van der Waals surface area contributed by atoms with Crippen molar-refractivity contribution in [3.63, 3.8) is 0 Å². The number of hydrogen-bond acceptors (Lipinski definition) is 4. The van der Waals surface area contributed by atoms with Crippen LogP contribution in [0.15, 0.2) is 24.3 Å². The Bertz CT molecular complexity index is 391. The first kappa shape index (κ1) is 16.3. The lowest BCUT2D eigenvalue weighted by Crippen LogP contribution is -2.24. The minimum Gasteiger partial charge on any atom is -0.494 e. The van der Waals surface area contributed by atoms with Crippen molar-refractivity contribution < 1.29 is 19.4 Å². The van der Waals surface area contributed by atoms with Crippen molar-refractivity contribution >= 4 is 5.97 Å². The summed E-state index contributed by atoms with van der Waals surface area (Å²) >= 11 is 0. The number of nitrogens with zero attached hydrogens (tertiary/aromatic N) is 1. The lowest BCUT2D eigenvalue weighted by Gasteiger charge is -2.15. The molecular formula is C15H23NO4. The zero-order chi connectivity index (χ0) is 14.8. The Balaban J connectivity index is 2.15.